The van der Waals surface area contributed by atoms with Crippen molar-refractivity contribution in [1.82, 2.24) is 9.80 Å². The molecule has 2 atom stereocenters. The zero-order valence-electron chi connectivity index (χ0n) is 26.3. The Kier molecular flexibility index (Phi) is 7.37. The van der Waals surface area contributed by atoms with Crippen LogP contribution in [0.5, 0.6) is 0 Å². The maximum absolute atomic E-state index is 14.1. The van der Waals surface area contributed by atoms with Crippen LogP contribution in [0.4, 0.5) is 11.4 Å². The lowest BCUT2D eigenvalue weighted by Crippen LogP contribution is -2.42. The average Bonchev–Trinajstić information content (AvgIpc) is 3.64. The van der Waals surface area contributed by atoms with Crippen LogP contribution in [0.1, 0.15) is 58.2 Å². The number of hydrogen-bond donors (Lipinski definition) is 1. The van der Waals surface area contributed by atoms with Crippen LogP contribution in [-0.2, 0) is 0 Å². The number of hydrogen-bond acceptors (Lipinski definition) is 5. The molecule has 3 heterocycles. The number of fused-ring (bicyclic) bond motifs is 3. The van der Waals surface area contributed by atoms with Crippen LogP contribution in [0.15, 0.2) is 127 Å². The summed E-state index contributed by atoms with van der Waals surface area (Å²) in [6, 6.07) is 36.6. The molecule has 1 fully saturated rings. The van der Waals surface area contributed by atoms with Crippen molar-refractivity contribution in [3.63, 3.8) is 0 Å². The van der Waals surface area contributed by atoms with E-state index in [9.17, 15) is 24.0 Å². The van der Waals surface area contributed by atoms with Crippen LogP contribution < -0.4 is 10.2 Å². The van der Waals surface area contributed by atoms with E-state index in [1.807, 2.05) is 48.5 Å². The molecule has 5 amide bonds. The number of para-hydroxylation sites is 1. The fourth-order valence-corrected chi connectivity index (χ4v) is 7.19. The van der Waals surface area contributed by atoms with Crippen molar-refractivity contribution in [3.05, 3.63) is 155 Å². The van der Waals surface area contributed by atoms with Gasteiger partial charge in [-0.3, -0.25) is 28.9 Å². The van der Waals surface area contributed by atoms with Gasteiger partial charge in [0.05, 0.1) is 34.5 Å². The Morgan fingerprint density at radius 1 is 0.571 bits per heavy atom. The number of nitrogens with one attached hydrogen (secondary N) is 1. The van der Waals surface area contributed by atoms with E-state index >= 15 is 0 Å². The summed E-state index contributed by atoms with van der Waals surface area (Å²) in [6.07, 6.45) is 0.352. The Bertz CT molecular complexity index is 2130. The molecule has 1 saturated heterocycles. The van der Waals surface area contributed by atoms with Gasteiger partial charge in [-0.15, -0.1) is 0 Å². The summed E-state index contributed by atoms with van der Waals surface area (Å²) in [5, 5.41) is 2.95. The maximum atomic E-state index is 14.1. The molecule has 1 N–H and O–H groups in total. The zero-order chi connectivity index (χ0) is 33.6. The second kappa shape index (κ2) is 12.0. The molecule has 9 nitrogen and oxygen atoms in total. The minimum atomic E-state index is -0.515. The quantitative estimate of drug-likeness (QED) is 0.231. The first-order chi connectivity index (χ1) is 23.9. The molecule has 3 aliphatic rings. The summed E-state index contributed by atoms with van der Waals surface area (Å²) in [5.74, 6) is -1.55. The summed E-state index contributed by atoms with van der Waals surface area (Å²) in [5.41, 5.74) is 4.79. The van der Waals surface area contributed by atoms with Crippen molar-refractivity contribution < 1.29 is 24.0 Å². The summed E-state index contributed by atoms with van der Waals surface area (Å²) >= 11 is 0. The Balaban J connectivity index is 1.03. The van der Waals surface area contributed by atoms with Crippen LogP contribution in [0, 0.1) is 0 Å². The Labute approximate surface area is 282 Å². The minimum absolute atomic E-state index is 0.188. The van der Waals surface area contributed by atoms with Gasteiger partial charge in [-0.25, -0.2) is 0 Å². The van der Waals surface area contributed by atoms with E-state index in [0.29, 0.717) is 45.6 Å². The Morgan fingerprint density at radius 3 is 1.86 bits per heavy atom. The largest absolute Gasteiger partial charge is 0.332 e. The van der Waals surface area contributed by atoms with Gasteiger partial charge in [-0.1, -0.05) is 72.8 Å². The lowest BCUT2D eigenvalue weighted by Gasteiger charge is -2.26. The summed E-state index contributed by atoms with van der Waals surface area (Å²) < 4.78 is 0. The van der Waals surface area contributed by atoms with Crippen molar-refractivity contribution in [3.8, 4) is 11.1 Å². The molecule has 1 unspecified atom stereocenters. The number of amides is 5. The first kappa shape index (κ1) is 30.0. The Hall–Kier alpha value is -6.35. The zero-order valence-corrected chi connectivity index (χ0v) is 26.3. The predicted octanol–water partition coefficient (Wildman–Crippen LogP) is 6.15. The van der Waals surface area contributed by atoms with Crippen molar-refractivity contribution in [2.75, 3.05) is 23.3 Å². The van der Waals surface area contributed by atoms with Gasteiger partial charge in [0.25, 0.3) is 29.5 Å². The number of carbonyl (C=O) groups is 5. The van der Waals surface area contributed by atoms with Gasteiger partial charge >= 0.3 is 0 Å². The molecular formula is C40H30N4O5. The SMILES string of the molecule is O=C(Nc1ccc(C(=O)N2C[C@H]3CC(N4C(=O)c5ccccc5C4=O)CN3C(=O)c3ccccc32)cc1)c1ccccc1-c1ccccc1. The third-order valence-electron chi connectivity index (χ3n) is 9.55. The normalized spacial score (nSPS) is 18.1. The van der Waals surface area contributed by atoms with E-state index in [-0.39, 0.29) is 42.6 Å². The van der Waals surface area contributed by atoms with Gasteiger partial charge in [0, 0.05) is 29.9 Å². The molecule has 0 saturated carbocycles. The molecule has 0 bridgehead atoms. The first-order valence-electron chi connectivity index (χ1n) is 16.1. The topological polar surface area (TPSA) is 107 Å². The van der Waals surface area contributed by atoms with Gasteiger partial charge in [0.2, 0.25) is 0 Å². The highest BCUT2D eigenvalue weighted by Gasteiger charge is 2.48. The molecular weight excluding hydrogens is 616 g/mol. The van der Waals surface area contributed by atoms with Crippen LogP contribution in [0.3, 0.4) is 0 Å². The lowest BCUT2D eigenvalue weighted by molar-refractivity contribution is 0.0573. The molecule has 0 radical (unpaired) electrons. The highest BCUT2D eigenvalue weighted by atomic mass is 16.2. The lowest BCUT2D eigenvalue weighted by atomic mass is 9.99. The number of imide groups is 1. The van der Waals surface area contributed by atoms with E-state index < -0.39 is 12.1 Å². The van der Waals surface area contributed by atoms with E-state index in [0.717, 1.165) is 11.1 Å². The number of carbonyl (C=O) groups excluding carboxylic acids is 5. The molecule has 0 aliphatic carbocycles. The molecule has 5 aromatic carbocycles. The van der Waals surface area contributed by atoms with E-state index in [2.05, 4.69) is 5.32 Å². The summed E-state index contributed by atoms with van der Waals surface area (Å²) in [7, 11) is 0. The van der Waals surface area contributed by atoms with Crippen LogP contribution in [-0.4, -0.2) is 64.5 Å². The van der Waals surface area contributed by atoms with Gasteiger partial charge in [-0.05, 0) is 72.1 Å². The van der Waals surface area contributed by atoms with Gasteiger partial charge < -0.3 is 15.1 Å². The van der Waals surface area contributed by atoms with Crippen molar-refractivity contribution in [2.45, 2.75) is 18.5 Å². The van der Waals surface area contributed by atoms with Crippen LogP contribution in [0.25, 0.3) is 11.1 Å². The molecule has 0 spiro atoms. The third kappa shape index (κ3) is 5.16. The minimum Gasteiger partial charge on any atom is -0.332 e. The van der Waals surface area contributed by atoms with Gasteiger partial charge in [-0.2, -0.15) is 0 Å². The summed E-state index contributed by atoms with van der Waals surface area (Å²) in [4.78, 5) is 72.5. The van der Waals surface area contributed by atoms with E-state index in [1.54, 1.807) is 88.7 Å². The maximum Gasteiger partial charge on any atom is 0.261 e. The fourth-order valence-electron chi connectivity index (χ4n) is 7.19. The average molecular weight is 647 g/mol. The second-order valence-corrected chi connectivity index (χ2v) is 12.4. The number of rotatable bonds is 5. The predicted molar refractivity (Wildman–Crippen MR) is 185 cm³/mol. The third-order valence-corrected chi connectivity index (χ3v) is 9.55. The molecule has 240 valence electrons. The van der Waals surface area contributed by atoms with E-state index in [1.165, 1.54) is 4.90 Å². The number of nitrogens with zero attached hydrogens (tertiary/aromatic N) is 3. The highest BCUT2D eigenvalue weighted by Crippen LogP contribution is 2.36. The molecule has 9 heteroatoms. The first-order valence-corrected chi connectivity index (χ1v) is 16.1. The van der Waals surface area contributed by atoms with Crippen molar-refractivity contribution in [1.29, 1.82) is 0 Å². The van der Waals surface area contributed by atoms with Crippen LogP contribution in [0.2, 0.25) is 0 Å². The monoisotopic (exact) mass is 646 g/mol. The smallest absolute Gasteiger partial charge is 0.261 e. The van der Waals surface area contributed by atoms with E-state index in [4.69, 9.17) is 0 Å². The molecule has 0 aromatic heterocycles. The highest BCUT2D eigenvalue weighted by molar-refractivity contribution is 6.21. The summed E-state index contributed by atoms with van der Waals surface area (Å²) in [6.45, 7) is 0.378. The molecule has 5 aromatic rings. The van der Waals surface area contributed by atoms with Crippen LogP contribution >= 0.6 is 0 Å². The van der Waals surface area contributed by atoms with Crippen molar-refractivity contribution >= 4 is 40.9 Å². The molecule has 49 heavy (non-hydrogen) atoms. The van der Waals surface area contributed by atoms with Crippen molar-refractivity contribution in [2.24, 2.45) is 0 Å². The number of anilines is 2. The second-order valence-electron chi connectivity index (χ2n) is 12.4. The molecule has 8 rings (SSSR count). The fraction of sp³-hybridized carbons (Fsp3) is 0.125. The standard InChI is InChI=1S/C40H30N4O5/c45-36(31-13-5-4-12-30(31)25-10-2-1-3-11-25)41-27-20-18-26(19-21-27)37(46)43-23-28-22-29(24-42(28)38(47)34-16-8-9-17-35(34)43)44-39(48)32-14-6-7-15-33(32)40(44)49/h1-21,28-29H,22-24H2,(H,41,45)/t28-,29?/m1/s1. The molecule has 3 aliphatic heterocycles. The van der Waals surface area contributed by atoms with Gasteiger partial charge in [0.1, 0.15) is 0 Å². The van der Waals surface area contributed by atoms with Gasteiger partial charge in [0.15, 0.2) is 0 Å². The Morgan fingerprint density at radius 2 is 1.16 bits per heavy atom. The number of benzene rings is 5.